The average Bonchev–Trinajstić information content (AvgIpc) is 3.35. The third-order valence-electron chi connectivity index (χ3n) is 4.29. The van der Waals surface area contributed by atoms with Crippen LogP contribution >= 0.6 is 22.7 Å². The number of carbonyl (C=O) groups excluding carboxylic acids is 1. The van der Waals surface area contributed by atoms with Gasteiger partial charge in [0.1, 0.15) is 0 Å². The zero-order valence-electron chi connectivity index (χ0n) is 15.6. The minimum atomic E-state index is -4.46. The molecular weight excluding hydrogens is 453 g/mol. The molecule has 4 aromatic rings. The molecule has 1 aromatic carbocycles. The van der Waals surface area contributed by atoms with Crippen molar-refractivity contribution < 1.29 is 22.9 Å². The Balaban J connectivity index is 1.73. The van der Waals surface area contributed by atoms with Crippen molar-refractivity contribution in [2.24, 2.45) is 0 Å². The standard InChI is InChI=1S/C19H11F3N4O3S2/c1-9-8-30-15-14(9)23-16(10-2-4-11(5-3-10)19(20,21)22)24-17(15)25-18(27)12-6-7-13(31-12)26(28)29/h2-8H,1H3,(H,23,24,25,27). The largest absolute Gasteiger partial charge is 0.416 e. The highest BCUT2D eigenvalue weighted by Gasteiger charge is 2.30. The van der Waals surface area contributed by atoms with E-state index in [1.54, 1.807) is 0 Å². The summed E-state index contributed by atoms with van der Waals surface area (Å²) in [6.07, 6.45) is -4.46. The number of aromatic nitrogens is 2. The van der Waals surface area contributed by atoms with Gasteiger partial charge in [-0.1, -0.05) is 23.5 Å². The van der Waals surface area contributed by atoms with Gasteiger partial charge < -0.3 is 5.32 Å². The zero-order valence-corrected chi connectivity index (χ0v) is 17.2. The molecule has 0 spiro atoms. The Morgan fingerprint density at radius 3 is 2.45 bits per heavy atom. The number of aryl methyl sites for hydroxylation is 1. The Hall–Kier alpha value is -3.38. The van der Waals surface area contributed by atoms with Crippen molar-refractivity contribution in [2.75, 3.05) is 5.32 Å². The second kappa shape index (κ2) is 7.71. The summed E-state index contributed by atoms with van der Waals surface area (Å²) in [4.78, 5) is 31.8. The summed E-state index contributed by atoms with van der Waals surface area (Å²) in [5.41, 5.74) is 0.930. The van der Waals surface area contributed by atoms with Crippen LogP contribution in [0.15, 0.2) is 41.8 Å². The Morgan fingerprint density at radius 2 is 1.84 bits per heavy atom. The molecule has 31 heavy (non-hydrogen) atoms. The van der Waals surface area contributed by atoms with Gasteiger partial charge in [-0.25, -0.2) is 9.97 Å². The first-order chi connectivity index (χ1) is 14.6. The molecule has 0 saturated heterocycles. The Bertz CT molecular complexity index is 1310. The average molecular weight is 464 g/mol. The number of hydrogen-bond donors (Lipinski definition) is 1. The maximum Gasteiger partial charge on any atom is 0.416 e. The summed E-state index contributed by atoms with van der Waals surface area (Å²) in [6.45, 7) is 1.82. The van der Waals surface area contributed by atoms with Crippen LogP contribution in [0.3, 0.4) is 0 Å². The number of nitrogens with one attached hydrogen (secondary N) is 1. The number of thiophene rings is 2. The lowest BCUT2D eigenvalue weighted by Crippen LogP contribution is -2.12. The van der Waals surface area contributed by atoms with Crippen LogP contribution < -0.4 is 5.32 Å². The molecule has 1 N–H and O–H groups in total. The number of anilines is 1. The fourth-order valence-corrected chi connectivity index (χ4v) is 4.42. The van der Waals surface area contributed by atoms with Gasteiger partial charge in [0, 0.05) is 11.6 Å². The lowest BCUT2D eigenvalue weighted by atomic mass is 10.1. The number of hydrogen-bond acceptors (Lipinski definition) is 7. The number of carbonyl (C=O) groups is 1. The van der Waals surface area contributed by atoms with Crippen molar-refractivity contribution in [3.8, 4) is 11.4 Å². The third-order valence-corrected chi connectivity index (χ3v) is 6.42. The molecule has 158 valence electrons. The SMILES string of the molecule is Cc1csc2c(NC(=O)c3ccc([N+](=O)[O-])s3)nc(-c3ccc(C(F)(F)F)cc3)nc12. The third kappa shape index (κ3) is 4.11. The van der Waals surface area contributed by atoms with Gasteiger partial charge in [0.15, 0.2) is 11.6 Å². The summed E-state index contributed by atoms with van der Waals surface area (Å²) in [6, 6.07) is 6.98. The molecule has 0 aliphatic rings. The van der Waals surface area contributed by atoms with Crippen molar-refractivity contribution in [1.29, 1.82) is 0 Å². The molecular formula is C19H11F3N4O3S2. The van der Waals surface area contributed by atoms with Crippen molar-refractivity contribution in [3.05, 3.63) is 67.9 Å². The first-order valence-electron chi connectivity index (χ1n) is 8.62. The molecule has 0 saturated carbocycles. The van der Waals surface area contributed by atoms with Crippen LogP contribution in [0.4, 0.5) is 24.0 Å². The Morgan fingerprint density at radius 1 is 1.13 bits per heavy atom. The van der Waals surface area contributed by atoms with Gasteiger partial charge in [0.25, 0.3) is 5.91 Å². The molecule has 0 fully saturated rings. The predicted octanol–water partition coefficient (Wildman–Crippen LogP) is 5.91. The van der Waals surface area contributed by atoms with Gasteiger partial charge in [0.2, 0.25) is 0 Å². The number of halogens is 3. The van der Waals surface area contributed by atoms with Gasteiger partial charge in [-0.2, -0.15) is 13.2 Å². The number of nitrogens with zero attached hydrogens (tertiary/aromatic N) is 3. The van der Waals surface area contributed by atoms with E-state index >= 15 is 0 Å². The van der Waals surface area contributed by atoms with E-state index in [0.717, 1.165) is 29.0 Å². The minimum absolute atomic E-state index is 0.128. The molecule has 0 bridgehead atoms. The minimum Gasteiger partial charge on any atom is -0.305 e. The van der Waals surface area contributed by atoms with E-state index in [0.29, 0.717) is 15.8 Å². The topological polar surface area (TPSA) is 98.0 Å². The monoisotopic (exact) mass is 464 g/mol. The van der Waals surface area contributed by atoms with E-state index in [-0.39, 0.29) is 21.5 Å². The predicted molar refractivity (Wildman–Crippen MR) is 112 cm³/mol. The highest BCUT2D eigenvalue weighted by molar-refractivity contribution is 7.18. The highest BCUT2D eigenvalue weighted by Crippen LogP contribution is 2.34. The molecule has 0 atom stereocenters. The molecule has 3 aromatic heterocycles. The first kappa shape index (κ1) is 20.9. The molecule has 0 aliphatic carbocycles. The second-order valence-corrected chi connectivity index (χ2v) is 8.36. The van der Waals surface area contributed by atoms with Crippen molar-refractivity contribution >= 4 is 49.6 Å². The number of fused-ring (bicyclic) bond motifs is 1. The summed E-state index contributed by atoms with van der Waals surface area (Å²) in [7, 11) is 0. The highest BCUT2D eigenvalue weighted by atomic mass is 32.1. The Labute approximate surface area is 180 Å². The van der Waals surface area contributed by atoms with E-state index in [1.807, 2.05) is 12.3 Å². The summed E-state index contributed by atoms with van der Waals surface area (Å²) < 4.78 is 39.1. The lowest BCUT2D eigenvalue weighted by Gasteiger charge is -2.09. The van der Waals surface area contributed by atoms with Crippen LogP contribution in [0.2, 0.25) is 0 Å². The molecule has 0 unspecified atom stereocenters. The van der Waals surface area contributed by atoms with E-state index in [9.17, 15) is 28.1 Å². The van der Waals surface area contributed by atoms with Crippen LogP contribution in [0.1, 0.15) is 20.8 Å². The van der Waals surface area contributed by atoms with Crippen molar-refractivity contribution in [1.82, 2.24) is 9.97 Å². The lowest BCUT2D eigenvalue weighted by molar-refractivity contribution is -0.380. The summed E-state index contributed by atoms with van der Waals surface area (Å²) in [5, 5.41) is 15.1. The number of nitro groups is 1. The normalized spacial score (nSPS) is 11.6. The molecule has 4 rings (SSSR count). The van der Waals surface area contributed by atoms with E-state index in [4.69, 9.17) is 0 Å². The van der Waals surface area contributed by atoms with Gasteiger partial charge >= 0.3 is 11.2 Å². The van der Waals surface area contributed by atoms with Crippen molar-refractivity contribution in [3.63, 3.8) is 0 Å². The van der Waals surface area contributed by atoms with Gasteiger partial charge in [-0.3, -0.25) is 14.9 Å². The van der Waals surface area contributed by atoms with Crippen LogP contribution in [0.25, 0.3) is 21.6 Å². The van der Waals surface area contributed by atoms with E-state index in [2.05, 4.69) is 15.3 Å². The smallest absolute Gasteiger partial charge is 0.305 e. The summed E-state index contributed by atoms with van der Waals surface area (Å²) >= 11 is 2.03. The number of rotatable bonds is 4. The fraction of sp³-hybridized carbons (Fsp3) is 0.105. The molecule has 1 amide bonds. The summed E-state index contributed by atoms with van der Waals surface area (Å²) in [5.74, 6) is -0.253. The van der Waals surface area contributed by atoms with Crippen LogP contribution in [0, 0.1) is 17.0 Å². The molecule has 12 heteroatoms. The Kier molecular flexibility index (Phi) is 5.19. The van der Waals surface area contributed by atoms with Crippen molar-refractivity contribution in [2.45, 2.75) is 13.1 Å². The van der Waals surface area contributed by atoms with E-state index in [1.165, 1.54) is 35.6 Å². The maximum atomic E-state index is 12.8. The maximum absolute atomic E-state index is 12.8. The molecule has 7 nitrogen and oxygen atoms in total. The fourth-order valence-electron chi connectivity index (χ4n) is 2.77. The van der Waals surface area contributed by atoms with Crippen LogP contribution in [-0.4, -0.2) is 20.8 Å². The van der Waals surface area contributed by atoms with Crippen LogP contribution in [-0.2, 0) is 6.18 Å². The van der Waals surface area contributed by atoms with Gasteiger partial charge in [-0.15, -0.1) is 11.3 Å². The number of alkyl halides is 3. The zero-order chi connectivity index (χ0) is 22.3. The second-order valence-electron chi connectivity index (χ2n) is 6.42. The van der Waals surface area contributed by atoms with E-state index < -0.39 is 22.6 Å². The first-order valence-corrected chi connectivity index (χ1v) is 10.3. The quantitative estimate of drug-likeness (QED) is 0.299. The molecule has 0 radical (unpaired) electrons. The van der Waals surface area contributed by atoms with Gasteiger partial charge in [-0.05, 0) is 36.1 Å². The molecule has 3 heterocycles. The van der Waals surface area contributed by atoms with Crippen LogP contribution in [0.5, 0.6) is 0 Å². The van der Waals surface area contributed by atoms with Gasteiger partial charge in [0.05, 0.1) is 25.6 Å². The number of amides is 1. The molecule has 0 aliphatic heterocycles. The number of benzene rings is 1.